The number of hydrogen-bond donors (Lipinski definition) is 2. The van der Waals surface area contributed by atoms with Gasteiger partial charge >= 0.3 is 0 Å². The number of nitrogens with two attached hydrogens (primary N) is 1. The van der Waals surface area contributed by atoms with Gasteiger partial charge in [-0.25, -0.2) is 4.68 Å². The van der Waals surface area contributed by atoms with E-state index in [1.165, 1.54) is 10.7 Å². The topological polar surface area (TPSA) is 84.4 Å². The van der Waals surface area contributed by atoms with Crippen molar-refractivity contribution in [2.75, 3.05) is 31.6 Å². The van der Waals surface area contributed by atoms with Gasteiger partial charge in [0.25, 0.3) is 5.56 Å². The number of aromatic nitrogens is 2. The molecule has 0 atom stereocenters. The van der Waals surface area contributed by atoms with Crippen molar-refractivity contribution in [2.45, 2.75) is 13.0 Å². The SMILES string of the molecule is CN(CCN)c1cnn(CCCO)c(=O)c1. The summed E-state index contributed by atoms with van der Waals surface area (Å²) in [5.41, 5.74) is 6.03. The normalized spacial score (nSPS) is 10.4. The number of nitrogens with zero attached hydrogens (tertiary/aromatic N) is 3. The van der Waals surface area contributed by atoms with Crippen molar-refractivity contribution >= 4 is 5.69 Å². The van der Waals surface area contributed by atoms with E-state index >= 15 is 0 Å². The van der Waals surface area contributed by atoms with Gasteiger partial charge in [0.1, 0.15) is 0 Å². The Morgan fingerprint density at radius 1 is 1.62 bits per heavy atom. The highest BCUT2D eigenvalue weighted by Gasteiger charge is 2.03. The van der Waals surface area contributed by atoms with Gasteiger partial charge in [0, 0.05) is 39.4 Å². The molecule has 0 unspecified atom stereocenters. The first-order valence-corrected chi connectivity index (χ1v) is 5.28. The molecule has 0 bridgehead atoms. The summed E-state index contributed by atoms with van der Waals surface area (Å²) in [5, 5.41) is 12.7. The fraction of sp³-hybridized carbons (Fsp3) is 0.600. The molecule has 1 heterocycles. The molecule has 0 aliphatic heterocycles. The molecule has 90 valence electrons. The number of anilines is 1. The summed E-state index contributed by atoms with van der Waals surface area (Å²) in [6.07, 6.45) is 2.17. The van der Waals surface area contributed by atoms with Crippen molar-refractivity contribution < 1.29 is 5.11 Å². The Labute approximate surface area is 94.3 Å². The lowest BCUT2D eigenvalue weighted by molar-refractivity contribution is 0.275. The summed E-state index contributed by atoms with van der Waals surface area (Å²) in [5.74, 6) is 0. The highest BCUT2D eigenvalue weighted by molar-refractivity contribution is 5.41. The number of aliphatic hydroxyl groups is 1. The third-order valence-corrected chi connectivity index (χ3v) is 2.29. The predicted octanol–water partition coefficient (Wildman–Crippen LogP) is -0.979. The van der Waals surface area contributed by atoms with Crippen molar-refractivity contribution in [2.24, 2.45) is 5.73 Å². The first-order chi connectivity index (χ1) is 7.69. The molecule has 0 aromatic carbocycles. The van der Waals surface area contributed by atoms with Gasteiger partial charge in [0.2, 0.25) is 0 Å². The van der Waals surface area contributed by atoms with E-state index < -0.39 is 0 Å². The van der Waals surface area contributed by atoms with Crippen LogP contribution < -0.4 is 16.2 Å². The van der Waals surface area contributed by atoms with Crippen LogP contribution in [0.2, 0.25) is 0 Å². The fourth-order valence-corrected chi connectivity index (χ4v) is 1.34. The van der Waals surface area contributed by atoms with Gasteiger partial charge in [-0.15, -0.1) is 0 Å². The van der Waals surface area contributed by atoms with Crippen molar-refractivity contribution in [3.63, 3.8) is 0 Å². The van der Waals surface area contributed by atoms with Gasteiger partial charge in [0.05, 0.1) is 11.9 Å². The van der Waals surface area contributed by atoms with Crippen LogP contribution in [0.1, 0.15) is 6.42 Å². The van der Waals surface area contributed by atoms with E-state index in [4.69, 9.17) is 10.8 Å². The molecule has 6 heteroatoms. The molecular formula is C10H18N4O2. The second-order valence-corrected chi connectivity index (χ2v) is 3.56. The lowest BCUT2D eigenvalue weighted by Crippen LogP contribution is -2.29. The summed E-state index contributed by atoms with van der Waals surface area (Å²) in [6.45, 7) is 1.71. The van der Waals surface area contributed by atoms with Crippen molar-refractivity contribution in [1.82, 2.24) is 9.78 Å². The highest BCUT2D eigenvalue weighted by atomic mass is 16.3. The van der Waals surface area contributed by atoms with E-state index in [1.807, 2.05) is 11.9 Å². The van der Waals surface area contributed by atoms with Crippen LogP contribution >= 0.6 is 0 Å². The smallest absolute Gasteiger partial charge is 0.268 e. The number of aryl methyl sites for hydroxylation is 1. The van der Waals surface area contributed by atoms with E-state index in [1.54, 1.807) is 6.20 Å². The Hall–Kier alpha value is -1.40. The number of rotatable bonds is 6. The Morgan fingerprint density at radius 3 is 2.94 bits per heavy atom. The van der Waals surface area contributed by atoms with Crippen molar-refractivity contribution in [3.8, 4) is 0 Å². The minimum Gasteiger partial charge on any atom is -0.396 e. The molecular weight excluding hydrogens is 208 g/mol. The van der Waals surface area contributed by atoms with Gasteiger partial charge in [-0.1, -0.05) is 0 Å². The van der Waals surface area contributed by atoms with Gasteiger partial charge < -0.3 is 15.7 Å². The Bertz CT molecular complexity index is 377. The zero-order valence-electron chi connectivity index (χ0n) is 9.46. The van der Waals surface area contributed by atoms with E-state index in [2.05, 4.69) is 5.10 Å². The highest BCUT2D eigenvalue weighted by Crippen LogP contribution is 2.05. The number of likely N-dealkylation sites (N-methyl/N-ethyl adjacent to an activating group) is 1. The van der Waals surface area contributed by atoms with Crippen molar-refractivity contribution in [1.29, 1.82) is 0 Å². The van der Waals surface area contributed by atoms with Gasteiger partial charge in [-0.3, -0.25) is 4.79 Å². The monoisotopic (exact) mass is 226 g/mol. The Morgan fingerprint density at radius 2 is 2.38 bits per heavy atom. The molecule has 0 aliphatic rings. The van der Waals surface area contributed by atoms with Crippen LogP contribution in [0.25, 0.3) is 0 Å². The van der Waals surface area contributed by atoms with E-state index in [9.17, 15) is 4.79 Å². The summed E-state index contributed by atoms with van der Waals surface area (Å²) in [4.78, 5) is 13.5. The van der Waals surface area contributed by atoms with Gasteiger partial charge in [-0.05, 0) is 6.42 Å². The fourth-order valence-electron chi connectivity index (χ4n) is 1.34. The largest absolute Gasteiger partial charge is 0.396 e. The average Bonchev–Trinajstić information content (AvgIpc) is 2.27. The average molecular weight is 226 g/mol. The molecule has 0 saturated carbocycles. The Balaban J connectivity index is 2.78. The maximum Gasteiger partial charge on any atom is 0.268 e. The van der Waals surface area contributed by atoms with Gasteiger partial charge in [0.15, 0.2) is 0 Å². The summed E-state index contributed by atoms with van der Waals surface area (Å²) < 4.78 is 1.34. The summed E-state index contributed by atoms with van der Waals surface area (Å²) in [6, 6.07) is 1.53. The molecule has 16 heavy (non-hydrogen) atoms. The van der Waals surface area contributed by atoms with Crippen LogP contribution in [-0.4, -0.2) is 41.6 Å². The molecule has 0 aliphatic carbocycles. The maximum absolute atomic E-state index is 11.6. The predicted molar refractivity (Wildman–Crippen MR) is 62.5 cm³/mol. The number of aliphatic hydroxyl groups excluding tert-OH is 1. The minimum absolute atomic E-state index is 0.0585. The maximum atomic E-state index is 11.6. The van der Waals surface area contributed by atoms with E-state index in [0.29, 0.717) is 26.1 Å². The molecule has 0 fully saturated rings. The van der Waals surface area contributed by atoms with Crippen LogP contribution in [0.15, 0.2) is 17.1 Å². The molecule has 1 rings (SSSR count). The first kappa shape index (κ1) is 12.7. The minimum atomic E-state index is -0.158. The lowest BCUT2D eigenvalue weighted by atomic mass is 10.4. The molecule has 3 N–H and O–H groups in total. The molecule has 1 aromatic rings. The van der Waals surface area contributed by atoms with Crippen LogP contribution in [0.5, 0.6) is 0 Å². The molecule has 0 spiro atoms. The lowest BCUT2D eigenvalue weighted by Gasteiger charge is -2.17. The zero-order valence-corrected chi connectivity index (χ0v) is 9.46. The quantitative estimate of drug-likeness (QED) is 0.651. The standard InChI is InChI=1S/C10H18N4O2/c1-13(5-3-11)9-7-10(16)14(12-8-9)4-2-6-15/h7-8,15H,2-6,11H2,1H3. The molecule has 1 aromatic heterocycles. The van der Waals surface area contributed by atoms with E-state index in [-0.39, 0.29) is 12.2 Å². The van der Waals surface area contributed by atoms with E-state index in [0.717, 1.165) is 5.69 Å². The second-order valence-electron chi connectivity index (χ2n) is 3.56. The Kier molecular flexibility index (Phi) is 4.94. The first-order valence-electron chi connectivity index (χ1n) is 5.28. The number of hydrogen-bond acceptors (Lipinski definition) is 5. The zero-order chi connectivity index (χ0) is 12.0. The van der Waals surface area contributed by atoms with Crippen LogP contribution in [0, 0.1) is 0 Å². The molecule has 0 radical (unpaired) electrons. The van der Waals surface area contributed by atoms with Crippen LogP contribution in [-0.2, 0) is 6.54 Å². The van der Waals surface area contributed by atoms with Crippen molar-refractivity contribution in [3.05, 3.63) is 22.6 Å². The third kappa shape index (κ3) is 3.32. The summed E-state index contributed by atoms with van der Waals surface area (Å²) in [7, 11) is 1.86. The summed E-state index contributed by atoms with van der Waals surface area (Å²) >= 11 is 0. The molecule has 6 nitrogen and oxygen atoms in total. The third-order valence-electron chi connectivity index (χ3n) is 2.29. The molecule has 0 amide bonds. The van der Waals surface area contributed by atoms with Gasteiger partial charge in [-0.2, -0.15) is 5.10 Å². The van der Waals surface area contributed by atoms with Crippen LogP contribution in [0.4, 0.5) is 5.69 Å². The van der Waals surface area contributed by atoms with Crippen LogP contribution in [0.3, 0.4) is 0 Å². The second kappa shape index (κ2) is 6.24. The molecule has 0 saturated heterocycles.